The van der Waals surface area contributed by atoms with E-state index in [1.54, 1.807) is 0 Å². The van der Waals surface area contributed by atoms with Crippen LogP contribution in [0, 0.1) is 5.63 Å². The van der Waals surface area contributed by atoms with Gasteiger partial charge in [0, 0.05) is 0 Å². The molecule has 0 saturated heterocycles. The summed E-state index contributed by atoms with van der Waals surface area (Å²) in [5.74, 6) is -2.89. The molecule has 6 heteroatoms. The molecule has 0 saturated carbocycles. The van der Waals surface area contributed by atoms with Crippen LogP contribution in [0.5, 0.6) is 0 Å². The van der Waals surface area contributed by atoms with Crippen LogP contribution in [0.2, 0.25) is 0 Å². The first-order valence-corrected chi connectivity index (χ1v) is 3.15. The molecule has 0 aliphatic carbocycles. The second kappa shape index (κ2) is 4.50. The Hall–Kier alpha value is -1.31. The van der Waals surface area contributed by atoms with Crippen LogP contribution in [0.1, 0.15) is 0 Å². The third-order valence-electron chi connectivity index (χ3n) is 0.664. The predicted octanol–water partition coefficient (Wildman–Crippen LogP) is 0.333. The van der Waals surface area contributed by atoms with Crippen molar-refractivity contribution in [2.75, 3.05) is 0 Å². The van der Waals surface area contributed by atoms with Gasteiger partial charge in [-0.2, -0.15) is 0 Å². The van der Waals surface area contributed by atoms with Crippen molar-refractivity contribution in [1.82, 2.24) is 0 Å². The normalized spacial score (nSPS) is 10.0. The summed E-state index contributed by atoms with van der Waals surface area (Å²) in [7, 11) is -0.657. The number of hydrogen-bond donors (Lipinski definition) is 2. The first kappa shape index (κ1) is 9.69. The average molecular weight is 174 g/mol. The van der Waals surface area contributed by atoms with Crippen LogP contribution in [0.4, 0.5) is 0 Å². The molecule has 0 fully saturated rings. The summed E-state index contributed by atoms with van der Waals surface area (Å²) >= 11 is 0. The van der Waals surface area contributed by atoms with Crippen LogP contribution in [0.3, 0.4) is 0 Å². The van der Waals surface area contributed by atoms with Gasteiger partial charge >= 0.3 is 61.5 Å². The van der Waals surface area contributed by atoms with Crippen molar-refractivity contribution in [2.45, 2.75) is 0 Å². The topological polar surface area (TPSA) is 91.7 Å². The Kier molecular flexibility index (Phi) is 3.96. The van der Waals surface area contributed by atoms with Crippen molar-refractivity contribution in [2.24, 2.45) is 0 Å². The van der Waals surface area contributed by atoms with Gasteiger partial charge in [0.1, 0.15) is 0 Å². The monoisotopic (exact) mass is 174 g/mol. The van der Waals surface area contributed by atoms with Gasteiger partial charge in [0.25, 0.3) is 0 Å². The molecule has 0 heterocycles. The molecule has 0 aromatic carbocycles. The summed E-state index contributed by atoms with van der Waals surface area (Å²) in [6.07, 6.45) is 0.410. The van der Waals surface area contributed by atoms with Gasteiger partial charge in [-0.15, -0.1) is 0 Å². The second-order valence-corrected chi connectivity index (χ2v) is 1.81. The molecule has 0 aliphatic heterocycles. The molecule has 0 amide bonds. The fraction of sp³-hybridized carbons (Fsp3) is 0. The van der Waals surface area contributed by atoms with Gasteiger partial charge in [-0.1, -0.05) is 0 Å². The summed E-state index contributed by atoms with van der Waals surface area (Å²) in [5.41, 5.74) is 1.18. The summed E-state index contributed by atoms with van der Waals surface area (Å²) in [4.78, 5) is 20.0. The standard InChI is InChI=1S/C5H3O5P/c6-4(7)1-3(2-11-10)5(8)9/h1H,(H,6,7)(H,8,9)/b3-1+. The predicted molar refractivity (Wildman–Crippen MR) is 34.8 cm³/mol. The molecule has 0 rings (SSSR count). The molecule has 11 heavy (non-hydrogen) atoms. The quantitative estimate of drug-likeness (QED) is 0.465. The van der Waals surface area contributed by atoms with E-state index in [2.05, 4.69) is 0 Å². The van der Waals surface area contributed by atoms with Gasteiger partial charge in [0.05, 0.1) is 0 Å². The number of aliphatic carboxylic acids is 2. The van der Waals surface area contributed by atoms with Gasteiger partial charge < -0.3 is 0 Å². The summed E-state index contributed by atoms with van der Waals surface area (Å²) in [6, 6.07) is 0. The van der Waals surface area contributed by atoms with Crippen molar-refractivity contribution in [3.63, 3.8) is 0 Å². The van der Waals surface area contributed by atoms with E-state index in [0.717, 1.165) is 0 Å². The Balaban J connectivity index is 4.84. The van der Waals surface area contributed by atoms with Crippen LogP contribution < -0.4 is 0 Å². The number of rotatable bonds is 2. The second-order valence-electron chi connectivity index (χ2n) is 1.40. The van der Waals surface area contributed by atoms with Crippen LogP contribution >= 0.6 is 7.92 Å². The fourth-order valence-electron chi connectivity index (χ4n) is 0.314. The van der Waals surface area contributed by atoms with Crippen LogP contribution in [-0.4, -0.2) is 22.2 Å². The first-order valence-electron chi connectivity index (χ1n) is 2.34. The molecular formula is C5H3O5P. The van der Waals surface area contributed by atoms with Crippen LogP contribution in [-0.2, 0) is 14.2 Å². The van der Waals surface area contributed by atoms with E-state index in [4.69, 9.17) is 10.2 Å². The van der Waals surface area contributed by atoms with Gasteiger partial charge in [0.2, 0.25) is 0 Å². The molecule has 0 aromatic rings. The number of carbonyl (C=O) groups is 2. The zero-order valence-corrected chi connectivity index (χ0v) is 6.04. The Morgan fingerprint density at radius 2 is 1.91 bits per heavy atom. The maximum atomic E-state index is 10.1. The molecule has 58 valence electrons. The summed E-state index contributed by atoms with van der Waals surface area (Å²) < 4.78 is 9.79. The molecule has 0 aliphatic rings. The number of carboxylic acids is 2. The van der Waals surface area contributed by atoms with E-state index in [1.165, 1.54) is 0 Å². The average Bonchev–Trinajstić information content (AvgIpc) is 1.86. The van der Waals surface area contributed by atoms with Crippen molar-refractivity contribution >= 4 is 19.9 Å². The molecular weight excluding hydrogens is 171 g/mol. The van der Waals surface area contributed by atoms with Crippen LogP contribution in [0.25, 0.3) is 0 Å². The Morgan fingerprint density at radius 3 is 2.18 bits per heavy atom. The molecule has 0 unspecified atom stereocenters. The summed E-state index contributed by atoms with van der Waals surface area (Å²) in [5, 5.41) is 16.3. The Bertz CT molecular complexity index is 309. The van der Waals surface area contributed by atoms with Gasteiger partial charge in [-0.05, 0) is 0 Å². The van der Waals surface area contributed by atoms with Gasteiger partial charge in [-0.3, -0.25) is 0 Å². The van der Waals surface area contributed by atoms with E-state index in [0.29, 0.717) is 6.08 Å². The molecule has 0 radical (unpaired) electrons. The zero-order valence-electron chi connectivity index (χ0n) is 5.14. The van der Waals surface area contributed by atoms with Gasteiger partial charge in [-0.25, -0.2) is 0 Å². The van der Waals surface area contributed by atoms with Gasteiger partial charge in [0.15, 0.2) is 0 Å². The number of hydrogen-bond acceptors (Lipinski definition) is 3. The fourth-order valence-corrected chi connectivity index (χ4v) is 0.573. The minimum atomic E-state index is -1.48. The third-order valence-corrected chi connectivity index (χ3v) is 0.997. The number of carboxylic acid groups (broad SMARTS) is 2. The SMILES string of the molecule is O=P#C/C(=C\C(=O)O)C(=O)O. The Morgan fingerprint density at radius 1 is 1.36 bits per heavy atom. The third kappa shape index (κ3) is 4.14. The molecule has 0 bridgehead atoms. The van der Waals surface area contributed by atoms with E-state index in [-0.39, 0.29) is 0 Å². The molecule has 2 N–H and O–H groups in total. The minimum absolute atomic E-state index is 0.410. The maximum absolute atomic E-state index is 10.1. The summed E-state index contributed by atoms with van der Waals surface area (Å²) in [6.45, 7) is 0. The molecule has 5 nitrogen and oxygen atoms in total. The van der Waals surface area contributed by atoms with E-state index in [1.807, 2.05) is 5.63 Å². The molecule has 0 aromatic heterocycles. The molecule has 0 spiro atoms. The van der Waals surface area contributed by atoms with Crippen molar-refractivity contribution < 1.29 is 24.4 Å². The van der Waals surface area contributed by atoms with Crippen molar-refractivity contribution in [3.05, 3.63) is 11.6 Å². The zero-order chi connectivity index (χ0) is 8.85. The Labute approximate surface area is 62.5 Å². The van der Waals surface area contributed by atoms with Crippen molar-refractivity contribution in [1.29, 1.82) is 0 Å². The van der Waals surface area contributed by atoms with Crippen molar-refractivity contribution in [3.8, 4) is 5.63 Å². The molecule has 0 atom stereocenters. The van der Waals surface area contributed by atoms with Crippen LogP contribution in [0.15, 0.2) is 11.6 Å². The van der Waals surface area contributed by atoms with E-state index < -0.39 is 25.4 Å². The van der Waals surface area contributed by atoms with E-state index >= 15 is 0 Å². The first-order chi connectivity index (χ1) is 5.07. The van der Waals surface area contributed by atoms with E-state index in [9.17, 15) is 14.2 Å².